The predicted molar refractivity (Wildman–Crippen MR) is 116 cm³/mol. The van der Waals surface area contributed by atoms with E-state index in [1.165, 1.54) is 41.4 Å². The predicted octanol–water partition coefficient (Wildman–Crippen LogP) is 6.22. The van der Waals surface area contributed by atoms with Crippen LogP contribution in [-0.4, -0.2) is 29.6 Å². The van der Waals surface area contributed by atoms with E-state index in [1.54, 1.807) is 0 Å². The van der Waals surface area contributed by atoms with Crippen LogP contribution in [0.1, 0.15) is 24.8 Å². The zero-order valence-corrected chi connectivity index (χ0v) is 17.1. The maximum atomic E-state index is 3.79. The number of hydrogen-bond acceptors (Lipinski definition) is 1. The molecule has 0 spiro atoms. The number of likely N-dealkylation sites (N-methyl/N-ethyl adjacent to an activating group) is 1. The Morgan fingerprint density at radius 3 is 2.77 bits per heavy atom. The summed E-state index contributed by atoms with van der Waals surface area (Å²) in [5, 5.41) is 1.31. The number of benzene rings is 2. The molecule has 3 aromatic rings. The zero-order chi connectivity index (χ0) is 18.4. The van der Waals surface area contributed by atoms with E-state index in [1.807, 2.05) is 6.08 Å². The van der Waals surface area contributed by atoms with Gasteiger partial charge in [-0.25, -0.2) is 0 Å². The average Bonchev–Trinajstić information content (AvgIpc) is 3.05. The first kappa shape index (κ1) is 18.9. The summed E-state index contributed by atoms with van der Waals surface area (Å²) in [6, 6.07) is 17.5. The fraction of sp³-hybridized carbons (Fsp3) is 0.304. The summed E-state index contributed by atoms with van der Waals surface area (Å²) in [6.07, 6.45) is 9.06. The highest BCUT2D eigenvalue weighted by Crippen LogP contribution is 2.24. The van der Waals surface area contributed by atoms with E-state index in [2.05, 4.69) is 93.8 Å². The van der Waals surface area contributed by atoms with E-state index in [-0.39, 0.29) is 0 Å². The number of aryl methyl sites for hydroxylation is 1. The summed E-state index contributed by atoms with van der Waals surface area (Å²) in [5.41, 5.74) is 3.88. The smallest absolute Gasteiger partial charge is 0.0528 e. The fourth-order valence-corrected chi connectivity index (χ4v) is 3.79. The second-order valence-electron chi connectivity index (χ2n) is 6.92. The van der Waals surface area contributed by atoms with Gasteiger partial charge in [-0.05, 0) is 74.8 Å². The lowest BCUT2D eigenvalue weighted by atomic mass is 10.1. The largest absolute Gasteiger partial charge is 0.317 e. The van der Waals surface area contributed by atoms with Crippen LogP contribution in [0.3, 0.4) is 0 Å². The number of nitrogens with zero attached hydrogens (tertiary/aromatic N) is 2. The molecule has 0 N–H and O–H groups in total. The molecule has 0 bridgehead atoms. The van der Waals surface area contributed by atoms with Crippen molar-refractivity contribution in [1.82, 2.24) is 9.47 Å². The first-order valence-electron chi connectivity index (χ1n) is 9.33. The lowest BCUT2D eigenvalue weighted by Crippen LogP contribution is -2.19. The molecule has 0 atom stereocenters. The second-order valence-corrected chi connectivity index (χ2v) is 7.84. The van der Waals surface area contributed by atoms with Crippen molar-refractivity contribution in [2.75, 3.05) is 20.1 Å². The van der Waals surface area contributed by atoms with E-state index >= 15 is 0 Å². The number of halogens is 1. The topological polar surface area (TPSA) is 8.17 Å². The van der Waals surface area contributed by atoms with Gasteiger partial charge in [-0.1, -0.05) is 40.6 Å². The minimum atomic E-state index is 0.978. The molecule has 0 radical (unpaired) electrons. The van der Waals surface area contributed by atoms with Gasteiger partial charge in [-0.3, -0.25) is 0 Å². The van der Waals surface area contributed by atoms with Crippen LogP contribution in [-0.2, 0) is 6.42 Å². The summed E-state index contributed by atoms with van der Waals surface area (Å²) in [4.78, 5) is 2.32. The molecule has 0 saturated heterocycles. The first-order valence-corrected chi connectivity index (χ1v) is 10.1. The highest BCUT2D eigenvalue weighted by atomic mass is 79.9. The van der Waals surface area contributed by atoms with Crippen molar-refractivity contribution in [1.29, 1.82) is 0 Å². The van der Waals surface area contributed by atoms with Crippen LogP contribution in [0.4, 0.5) is 0 Å². The molecule has 2 aromatic carbocycles. The average molecular weight is 411 g/mol. The van der Waals surface area contributed by atoms with Crippen LogP contribution in [0.15, 0.2) is 71.9 Å². The van der Waals surface area contributed by atoms with Crippen LogP contribution in [0.2, 0.25) is 0 Å². The molecule has 136 valence electrons. The Kier molecular flexibility index (Phi) is 6.70. The van der Waals surface area contributed by atoms with Crippen LogP contribution in [0.5, 0.6) is 0 Å². The lowest BCUT2D eigenvalue weighted by Gasteiger charge is -2.13. The highest BCUT2D eigenvalue weighted by molar-refractivity contribution is 9.10. The molecule has 0 aliphatic rings. The molecule has 2 nitrogen and oxygen atoms in total. The Balaban J connectivity index is 1.59. The van der Waals surface area contributed by atoms with Crippen molar-refractivity contribution in [2.24, 2.45) is 0 Å². The maximum Gasteiger partial charge on any atom is 0.0528 e. The van der Waals surface area contributed by atoms with Crippen LogP contribution >= 0.6 is 15.9 Å². The molecule has 0 aliphatic carbocycles. The van der Waals surface area contributed by atoms with Crippen molar-refractivity contribution in [2.45, 2.75) is 25.7 Å². The fourth-order valence-electron chi connectivity index (χ4n) is 3.40. The Hall–Kier alpha value is -1.84. The van der Waals surface area contributed by atoms with Gasteiger partial charge in [-0.15, -0.1) is 6.58 Å². The molecule has 1 heterocycles. The van der Waals surface area contributed by atoms with Gasteiger partial charge in [0.2, 0.25) is 0 Å². The quantitative estimate of drug-likeness (QED) is 0.300. The zero-order valence-electron chi connectivity index (χ0n) is 15.5. The monoisotopic (exact) mass is 410 g/mol. The third-order valence-electron chi connectivity index (χ3n) is 4.79. The standard InChI is InChI=1S/C23H27BrN2/c1-3-14-25(2)15-6-4-5-8-19-11-12-23-20(17-19)13-16-26(23)22-10-7-9-21(24)18-22/h3,7,9-13,16-18H,1,4-6,8,14-15H2,2H3. The van der Waals surface area contributed by atoms with Gasteiger partial charge < -0.3 is 9.47 Å². The molecule has 0 fully saturated rings. The van der Waals surface area contributed by atoms with Gasteiger partial charge in [0, 0.05) is 28.3 Å². The molecular formula is C23H27BrN2. The van der Waals surface area contributed by atoms with Gasteiger partial charge in [0.05, 0.1) is 5.52 Å². The molecule has 0 saturated carbocycles. The second kappa shape index (κ2) is 9.20. The van der Waals surface area contributed by atoms with Gasteiger partial charge in [0.15, 0.2) is 0 Å². The van der Waals surface area contributed by atoms with Crippen molar-refractivity contribution >= 4 is 26.8 Å². The van der Waals surface area contributed by atoms with Crippen molar-refractivity contribution < 1.29 is 0 Å². The minimum Gasteiger partial charge on any atom is -0.317 e. The minimum absolute atomic E-state index is 0.978. The Bertz CT molecular complexity index is 866. The molecule has 1 aromatic heterocycles. The van der Waals surface area contributed by atoms with Crippen molar-refractivity contribution in [3.63, 3.8) is 0 Å². The van der Waals surface area contributed by atoms with Gasteiger partial charge in [-0.2, -0.15) is 0 Å². The summed E-state index contributed by atoms with van der Waals surface area (Å²) in [6.45, 7) is 5.92. The third kappa shape index (κ3) is 4.87. The summed E-state index contributed by atoms with van der Waals surface area (Å²) >= 11 is 3.56. The third-order valence-corrected chi connectivity index (χ3v) is 5.28. The molecule has 0 aliphatic heterocycles. The van der Waals surface area contributed by atoms with Crippen LogP contribution in [0, 0.1) is 0 Å². The summed E-state index contributed by atoms with van der Waals surface area (Å²) in [5.74, 6) is 0. The Labute approximate surface area is 165 Å². The molecule has 0 amide bonds. The van der Waals surface area contributed by atoms with Gasteiger partial charge >= 0.3 is 0 Å². The Morgan fingerprint density at radius 2 is 1.96 bits per heavy atom. The summed E-state index contributed by atoms with van der Waals surface area (Å²) in [7, 11) is 2.16. The number of rotatable bonds is 9. The van der Waals surface area contributed by atoms with Crippen LogP contribution < -0.4 is 0 Å². The Morgan fingerprint density at radius 1 is 1.08 bits per heavy atom. The van der Waals surface area contributed by atoms with Gasteiger partial charge in [0.1, 0.15) is 0 Å². The number of unbranched alkanes of at least 4 members (excludes halogenated alkanes) is 2. The molecule has 3 rings (SSSR count). The molecule has 26 heavy (non-hydrogen) atoms. The van der Waals surface area contributed by atoms with E-state index in [9.17, 15) is 0 Å². The number of hydrogen-bond donors (Lipinski definition) is 0. The molecular weight excluding hydrogens is 384 g/mol. The van der Waals surface area contributed by atoms with E-state index in [0.717, 1.165) is 24.0 Å². The van der Waals surface area contributed by atoms with E-state index in [4.69, 9.17) is 0 Å². The molecule has 3 heteroatoms. The normalized spacial score (nSPS) is 11.3. The van der Waals surface area contributed by atoms with Gasteiger partial charge in [0.25, 0.3) is 0 Å². The van der Waals surface area contributed by atoms with Crippen LogP contribution in [0.25, 0.3) is 16.6 Å². The lowest BCUT2D eigenvalue weighted by molar-refractivity contribution is 0.358. The summed E-state index contributed by atoms with van der Waals surface area (Å²) < 4.78 is 3.35. The van der Waals surface area contributed by atoms with Crippen molar-refractivity contribution in [3.05, 3.63) is 77.4 Å². The number of aromatic nitrogens is 1. The highest BCUT2D eigenvalue weighted by Gasteiger charge is 2.05. The van der Waals surface area contributed by atoms with Crippen molar-refractivity contribution in [3.8, 4) is 5.69 Å². The van der Waals surface area contributed by atoms with E-state index in [0.29, 0.717) is 0 Å². The maximum absolute atomic E-state index is 3.79. The SMILES string of the molecule is C=CCN(C)CCCCCc1ccc2c(ccn2-c2cccc(Br)c2)c1. The molecule has 0 unspecified atom stereocenters. The number of fused-ring (bicyclic) bond motifs is 1. The first-order chi connectivity index (χ1) is 12.7. The van der Waals surface area contributed by atoms with E-state index < -0.39 is 0 Å².